The predicted octanol–water partition coefficient (Wildman–Crippen LogP) is 3.32. The highest BCUT2D eigenvalue weighted by Gasteiger charge is 2.37. The summed E-state index contributed by atoms with van der Waals surface area (Å²) in [5.41, 5.74) is -0.251. The maximum atomic E-state index is 15.1. The Labute approximate surface area is 189 Å². The molecule has 0 unspecified atom stereocenters. The summed E-state index contributed by atoms with van der Waals surface area (Å²) in [6.07, 6.45) is 3.08. The molecule has 1 amide bonds. The van der Waals surface area contributed by atoms with Crippen LogP contribution in [-0.2, 0) is 11.2 Å². The molecule has 2 fully saturated rings. The summed E-state index contributed by atoms with van der Waals surface area (Å²) in [7, 11) is 1.53. The lowest BCUT2D eigenvalue weighted by Gasteiger charge is -2.16. The monoisotopic (exact) mass is 454 g/mol. The molecule has 0 radical (unpaired) electrons. The molecule has 9 heteroatoms. The van der Waals surface area contributed by atoms with Crippen LogP contribution in [0.15, 0.2) is 41.2 Å². The zero-order chi connectivity index (χ0) is 23.1. The van der Waals surface area contributed by atoms with E-state index in [1.165, 1.54) is 19.2 Å². The van der Waals surface area contributed by atoms with Gasteiger partial charge < -0.3 is 9.64 Å². The average Bonchev–Trinajstić information content (AvgIpc) is 3.48. The van der Waals surface area contributed by atoms with Crippen LogP contribution in [0, 0.1) is 23.5 Å². The van der Waals surface area contributed by atoms with Crippen LogP contribution < -0.4 is 10.4 Å². The third kappa shape index (κ3) is 4.03. The Morgan fingerprint density at radius 1 is 1.12 bits per heavy atom. The van der Waals surface area contributed by atoms with Crippen molar-refractivity contribution in [2.75, 3.05) is 20.2 Å². The first-order valence-electron chi connectivity index (χ1n) is 11.0. The van der Waals surface area contributed by atoms with Gasteiger partial charge in [-0.2, -0.15) is 5.10 Å². The molecule has 1 aliphatic heterocycles. The molecule has 1 saturated carbocycles. The molecule has 1 aromatic heterocycles. The van der Waals surface area contributed by atoms with Gasteiger partial charge >= 0.3 is 5.69 Å². The van der Waals surface area contributed by atoms with Gasteiger partial charge in [0.1, 0.15) is 11.6 Å². The summed E-state index contributed by atoms with van der Waals surface area (Å²) < 4.78 is 36.3. The molecule has 2 aromatic carbocycles. The quantitative estimate of drug-likeness (QED) is 0.620. The van der Waals surface area contributed by atoms with Gasteiger partial charge in [-0.3, -0.25) is 4.79 Å². The number of benzene rings is 2. The van der Waals surface area contributed by atoms with E-state index in [0.29, 0.717) is 36.6 Å². The number of likely N-dealkylation sites (tertiary alicyclic amines) is 1. The van der Waals surface area contributed by atoms with E-state index in [9.17, 15) is 9.59 Å². The number of H-pyrrole nitrogens is 1. The Kier molecular flexibility index (Phi) is 5.47. The zero-order valence-corrected chi connectivity index (χ0v) is 18.2. The fourth-order valence-electron chi connectivity index (χ4n) is 4.47. The second-order valence-corrected chi connectivity index (χ2v) is 8.69. The molecule has 33 heavy (non-hydrogen) atoms. The van der Waals surface area contributed by atoms with Crippen LogP contribution in [-0.4, -0.2) is 45.8 Å². The number of amides is 1. The minimum atomic E-state index is -1.12. The van der Waals surface area contributed by atoms with Gasteiger partial charge in [0, 0.05) is 31.0 Å². The van der Waals surface area contributed by atoms with E-state index in [0.717, 1.165) is 23.8 Å². The van der Waals surface area contributed by atoms with E-state index in [1.807, 2.05) is 4.90 Å². The second-order valence-electron chi connectivity index (χ2n) is 8.69. The topological polar surface area (TPSA) is 80.2 Å². The number of aromatic amines is 1. The van der Waals surface area contributed by atoms with E-state index in [1.54, 1.807) is 24.3 Å². The van der Waals surface area contributed by atoms with E-state index in [2.05, 4.69) is 10.2 Å². The Morgan fingerprint density at radius 3 is 2.58 bits per heavy atom. The summed E-state index contributed by atoms with van der Waals surface area (Å²) in [4.78, 5) is 26.6. The molecule has 7 nitrogen and oxygen atoms in total. The summed E-state index contributed by atoms with van der Waals surface area (Å²) >= 11 is 0. The largest absolute Gasteiger partial charge is 0.497 e. The van der Waals surface area contributed by atoms with Crippen molar-refractivity contribution < 1.29 is 18.3 Å². The number of methoxy groups -OCH3 is 1. The van der Waals surface area contributed by atoms with Crippen molar-refractivity contribution in [3.63, 3.8) is 0 Å². The molecule has 0 bridgehead atoms. The standard InChI is InChI=1S/C24H24F2N4O3/c1-33-17-6-4-15(5-7-17)18-8-9-19(22(26)21(18)25)30-20(27-28-24(30)32)12-14-10-11-29(13-14)23(31)16-2-3-16/h4-9,14,16H,2-3,10-13H2,1H3,(H,28,32)/t14-/m0/s1. The molecule has 1 saturated heterocycles. The molecule has 1 atom stereocenters. The number of hydrogen-bond acceptors (Lipinski definition) is 4. The minimum absolute atomic E-state index is 0.0852. The minimum Gasteiger partial charge on any atom is -0.497 e. The lowest BCUT2D eigenvalue weighted by molar-refractivity contribution is -0.131. The number of hydrogen-bond donors (Lipinski definition) is 1. The Balaban J connectivity index is 1.40. The van der Waals surface area contributed by atoms with Gasteiger partial charge in [0.25, 0.3) is 0 Å². The highest BCUT2D eigenvalue weighted by atomic mass is 19.2. The first-order chi connectivity index (χ1) is 16.0. The molecule has 0 spiro atoms. The molecule has 5 rings (SSSR count). The predicted molar refractivity (Wildman–Crippen MR) is 117 cm³/mol. The molecule has 2 aliphatic rings. The third-order valence-electron chi connectivity index (χ3n) is 6.44. The fraction of sp³-hybridized carbons (Fsp3) is 0.375. The van der Waals surface area contributed by atoms with Crippen molar-refractivity contribution in [2.45, 2.75) is 25.7 Å². The van der Waals surface area contributed by atoms with Crippen molar-refractivity contribution in [3.8, 4) is 22.6 Å². The molecular weight excluding hydrogens is 430 g/mol. The summed E-state index contributed by atoms with van der Waals surface area (Å²) in [5.74, 6) is -0.777. The van der Waals surface area contributed by atoms with E-state index >= 15 is 8.78 Å². The smallest absolute Gasteiger partial charge is 0.348 e. The second kappa shape index (κ2) is 8.46. The van der Waals surface area contributed by atoms with Gasteiger partial charge in [-0.1, -0.05) is 12.1 Å². The number of carbonyl (C=O) groups is 1. The maximum absolute atomic E-state index is 15.1. The lowest BCUT2D eigenvalue weighted by Crippen LogP contribution is -2.30. The highest BCUT2D eigenvalue weighted by Crippen LogP contribution is 2.34. The average molecular weight is 454 g/mol. The molecule has 2 heterocycles. The molecular formula is C24H24F2N4O3. The van der Waals surface area contributed by atoms with E-state index in [4.69, 9.17) is 4.74 Å². The van der Waals surface area contributed by atoms with Gasteiger partial charge in [0.15, 0.2) is 11.6 Å². The SMILES string of the molecule is COc1ccc(-c2ccc(-n3c(C[C@@H]4CCN(C(=O)C5CC5)C4)n[nH]c3=O)c(F)c2F)cc1. The van der Waals surface area contributed by atoms with Crippen molar-refractivity contribution >= 4 is 5.91 Å². The first-order valence-corrected chi connectivity index (χ1v) is 11.0. The molecule has 3 aromatic rings. The number of nitrogens with one attached hydrogen (secondary N) is 1. The van der Waals surface area contributed by atoms with E-state index < -0.39 is 17.3 Å². The number of nitrogens with zero attached hydrogens (tertiary/aromatic N) is 3. The summed E-state index contributed by atoms with van der Waals surface area (Å²) in [6, 6.07) is 9.44. The number of halogens is 2. The Morgan fingerprint density at radius 2 is 1.88 bits per heavy atom. The van der Waals surface area contributed by atoms with Crippen LogP contribution in [0.3, 0.4) is 0 Å². The van der Waals surface area contributed by atoms with Gasteiger partial charge in [0.2, 0.25) is 5.91 Å². The van der Waals surface area contributed by atoms with Crippen molar-refractivity contribution in [1.82, 2.24) is 19.7 Å². The summed E-state index contributed by atoms with van der Waals surface area (Å²) in [6.45, 7) is 1.26. The van der Waals surface area contributed by atoms with Crippen LogP contribution in [0.2, 0.25) is 0 Å². The van der Waals surface area contributed by atoms with Gasteiger partial charge in [0.05, 0.1) is 12.8 Å². The van der Waals surface area contributed by atoms with Gasteiger partial charge in [-0.25, -0.2) is 23.2 Å². The molecule has 172 valence electrons. The Hall–Kier alpha value is -3.49. The Bertz CT molecular complexity index is 1250. The number of ether oxygens (including phenoxy) is 1. The zero-order valence-electron chi connectivity index (χ0n) is 18.2. The molecule has 1 aliphatic carbocycles. The van der Waals surface area contributed by atoms with Crippen LogP contribution >= 0.6 is 0 Å². The first kappa shape index (κ1) is 21.4. The number of aromatic nitrogens is 3. The van der Waals surface area contributed by atoms with E-state index in [-0.39, 0.29) is 29.0 Å². The van der Waals surface area contributed by atoms with Crippen molar-refractivity contribution in [2.24, 2.45) is 11.8 Å². The van der Waals surface area contributed by atoms with Gasteiger partial charge in [-0.05, 0) is 55.0 Å². The van der Waals surface area contributed by atoms with Crippen molar-refractivity contribution in [1.29, 1.82) is 0 Å². The maximum Gasteiger partial charge on any atom is 0.348 e. The number of carbonyl (C=O) groups excluding carboxylic acids is 1. The fourth-order valence-corrected chi connectivity index (χ4v) is 4.47. The lowest BCUT2D eigenvalue weighted by atomic mass is 10.0. The summed E-state index contributed by atoms with van der Waals surface area (Å²) in [5, 5.41) is 6.41. The highest BCUT2D eigenvalue weighted by molar-refractivity contribution is 5.81. The van der Waals surface area contributed by atoms with Crippen LogP contribution in [0.1, 0.15) is 25.1 Å². The van der Waals surface area contributed by atoms with Crippen LogP contribution in [0.5, 0.6) is 5.75 Å². The van der Waals surface area contributed by atoms with Crippen molar-refractivity contribution in [3.05, 3.63) is 64.3 Å². The molecule has 1 N–H and O–H groups in total. The van der Waals surface area contributed by atoms with Gasteiger partial charge in [-0.15, -0.1) is 0 Å². The normalized spacial score (nSPS) is 18.0. The third-order valence-corrected chi connectivity index (χ3v) is 6.44. The van der Waals surface area contributed by atoms with Crippen LogP contribution in [0.25, 0.3) is 16.8 Å². The van der Waals surface area contributed by atoms with Crippen LogP contribution in [0.4, 0.5) is 8.78 Å². The number of rotatable bonds is 6.